The van der Waals surface area contributed by atoms with Crippen molar-refractivity contribution in [3.05, 3.63) is 65.4 Å². The summed E-state index contributed by atoms with van der Waals surface area (Å²) >= 11 is 0. The highest BCUT2D eigenvalue weighted by molar-refractivity contribution is 7.92. The molecule has 0 unspecified atom stereocenters. The summed E-state index contributed by atoms with van der Waals surface area (Å²) in [6, 6.07) is 11.4. The number of fused-ring (bicyclic) bond motifs is 1. The van der Waals surface area contributed by atoms with Crippen LogP contribution >= 0.6 is 0 Å². The first-order valence-electron chi connectivity index (χ1n) is 7.64. The van der Waals surface area contributed by atoms with Crippen LogP contribution in [0.2, 0.25) is 0 Å². The highest BCUT2D eigenvalue weighted by Crippen LogP contribution is 2.34. The molecule has 0 saturated carbocycles. The molecule has 0 radical (unpaired) electrons. The van der Waals surface area contributed by atoms with Crippen molar-refractivity contribution in [1.29, 1.82) is 0 Å². The number of anilines is 1. The van der Waals surface area contributed by atoms with E-state index in [9.17, 15) is 21.6 Å². The van der Waals surface area contributed by atoms with Crippen molar-refractivity contribution in [2.24, 2.45) is 0 Å². The molecule has 0 amide bonds. The number of hydrogen-bond donors (Lipinski definition) is 1. The zero-order chi connectivity index (χ0) is 19.1. The van der Waals surface area contributed by atoms with Crippen molar-refractivity contribution in [3.63, 3.8) is 0 Å². The summed E-state index contributed by atoms with van der Waals surface area (Å²) < 4.78 is 66.9. The Hall–Kier alpha value is -2.61. The summed E-state index contributed by atoms with van der Waals surface area (Å²) in [4.78, 5) is 3.57. The van der Waals surface area contributed by atoms with Gasteiger partial charge in [0.1, 0.15) is 5.69 Å². The normalized spacial score (nSPS) is 12.3. The average molecular weight is 380 g/mol. The van der Waals surface area contributed by atoms with Crippen LogP contribution in [0.5, 0.6) is 0 Å². The molecule has 136 valence electrons. The Morgan fingerprint density at radius 3 is 2.15 bits per heavy atom. The molecule has 0 aliphatic rings. The first-order chi connectivity index (χ1) is 12.1. The fraction of sp³-hybridized carbons (Fsp3) is 0.167. The molecule has 0 aliphatic heterocycles. The van der Waals surface area contributed by atoms with Crippen molar-refractivity contribution in [2.75, 3.05) is 4.72 Å². The molecule has 2 aromatic carbocycles. The second kappa shape index (κ2) is 6.28. The number of aryl methyl sites for hydroxylation is 2. The first-order valence-corrected chi connectivity index (χ1v) is 9.13. The Bertz CT molecular complexity index is 1080. The molecule has 1 heterocycles. The second-order valence-corrected chi connectivity index (χ2v) is 7.67. The SMILES string of the molecule is Cc1ccc(S(=O)(=O)Nc2cc(C(F)(F)F)nc3ccc(C)cc23)cc1. The zero-order valence-electron chi connectivity index (χ0n) is 13.9. The standard InChI is InChI=1S/C18H15F3N2O2S/c1-11-3-6-13(7-4-11)26(24,25)23-16-10-17(18(19,20)21)22-15-8-5-12(2)9-14(15)16/h3-10H,1-2H3,(H,22,23). The van der Waals surface area contributed by atoms with Crippen molar-refractivity contribution in [1.82, 2.24) is 4.98 Å². The maximum atomic E-state index is 13.1. The monoisotopic (exact) mass is 380 g/mol. The van der Waals surface area contributed by atoms with E-state index >= 15 is 0 Å². The lowest BCUT2D eigenvalue weighted by Crippen LogP contribution is -2.15. The van der Waals surface area contributed by atoms with Gasteiger partial charge in [-0.25, -0.2) is 13.4 Å². The third kappa shape index (κ3) is 3.65. The highest BCUT2D eigenvalue weighted by atomic mass is 32.2. The Labute approximate surface area is 148 Å². The van der Waals surface area contributed by atoms with Crippen LogP contribution in [-0.2, 0) is 16.2 Å². The first kappa shape index (κ1) is 18.2. The van der Waals surface area contributed by atoms with E-state index in [1.165, 1.54) is 18.2 Å². The van der Waals surface area contributed by atoms with Crippen LogP contribution in [0.1, 0.15) is 16.8 Å². The molecule has 1 aromatic heterocycles. The second-order valence-electron chi connectivity index (χ2n) is 5.99. The third-order valence-corrected chi connectivity index (χ3v) is 5.21. The van der Waals surface area contributed by atoms with E-state index in [0.717, 1.165) is 11.1 Å². The summed E-state index contributed by atoms with van der Waals surface area (Å²) in [5.74, 6) is 0. The van der Waals surface area contributed by atoms with E-state index in [1.54, 1.807) is 38.1 Å². The molecule has 8 heteroatoms. The maximum absolute atomic E-state index is 13.1. The van der Waals surface area contributed by atoms with E-state index in [4.69, 9.17) is 0 Å². The zero-order valence-corrected chi connectivity index (χ0v) is 14.7. The maximum Gasteiger partial charge on any atom is 0.433 e. The molecule has 0 spiro atoms. The fourth-order valence-electron chi connectivity index (χ4n) is 2.49. The van der Waals surface area contributed by atoms with E-state index in [1.807, 2.05) is 0 Å². The van der Waals surface area contributed by atoms with Crippen LogP contribution in [-0.4, -0.2) is 13.4 Å². The van der Waals surface area contributed by atoms with Gasteiger partial charge in [0.25, 0.3) is 10.0 Å². The number of benzene rings is 2. The Kier molecular flexibility index (Phi) is 4.39. The lowest BCUT2D eigenvalue weighted by atomic mass is 10.1. The number of rotatable bonds is 3. The van der Waals surface area contributed by atoms with Gasteiger partial charge in [-0.2, -0.15) is 13.2 Å². The van der Waals surface area contributed by atoms with E-state index < -0.39 is 21.9 Å². The van der Waals surface area contributed by atoms with Crippen molar-refractivity contribution in [3.8, 4) is 0 Å². The molecule has 0 bridgehead atoms. The van der Waals surface area contributed by atoms with E-state index in [-0.39, 0.29) is 16.1 Å². The lowest BCUT2D eigenvalue weighted by molar-refractivity contribution is -0.140. The number of pyridine rings is 1. The number of nitrogens with one attached hydrogen (secondary N) is 1. The number of aromatic nitrogens is 1. The van der Waals surface area contributed by atoms with Gasteiger partial charge < -0.3 is 0 Å². The summed E-state index contributed by atoms with van der Waals surface area (Å²) in [7, 11) is -4.04. The summed E-state index contributed by atoms with van der Waals surface area (Å²) in [6.07, 6.45) is -4.69. The van der Waals surface area contributed by atoms with Crippen LogP contribution in [0.15, 0.2) is 53.4 Å². The number of nitrogens with zero attached hydrogens (tertiary/aromatic N) is 1. The molecule has 26 heavy (non-hydrogen) atoms. The molecule has 0 aliphatic carbocycles. The van der Waals surface area contributed by atoms with E-state index in [2.05, 4.69) is 9.71 Å². The van der Waals surface area contributed by atoms with Crippen LogP contribution in [0.4, 0.5) is 18.9 Å². The quantitative estimate of drug-likeness (QED) is 0.718. The molecule has 0 saturated heterocycles. The fourth-order valence-corrected chi connectivity index (χ4v) is 3.56. The van der Waals surface area contributed by atoms with Gasteiger partial charge in [0, 0.05) is 5.39 Å². The molecule has 0 atom stereocenters. The third-order valence-electron chi connectivity index (χ3n) is 3.83. The minimum absolute atomic E-state index is 0.0331. The van der Waals surface area contributed by atoms with E-state index in [0.29, 0.717) is 11.5 Å². The van der Waals surface area contributed by atoms with Gasteiger partial charge in [-0.05, 0) is 44.2 Å². The van der Waals surface area contributed by atoms with Gasteiger partial charge in [0.05, 0.1) is 16.1 Å². The number of alkyl halides is 3. The Morgan fingerprint density at radius 2 is 1.54 bits per heavy atom. The predicted molar refractivity (Wildman–Crippen MR) is 93.5 cm³/mol. The van der Waals surface area contributed by atoms with Crippen LogP contribution in [0.25, 0.3) is 10.9 Å². The Balaban J connectivity index is 2.16. The smallest absolute Gasteiger partial charge is 0.279 e. The minimum atomic E-state index is -4.69. The van der Waals surface area contributed by atoms with Crippen molar-refractivity contribution in [2.45, 2.75) is 24.9 Å². The molecule has 3 rings (SSSR count). The number of hydrogen-bond acceptors (Lipinski definition) is 3. The summed E-state index contributed by atoms with van der Waals surface area (Å²) in [5.41, 5.74) is 0.386. The minimum Gasteiger partial charge on any atom is -0.279 e. The molecule has 4 nitrogen and oxygen atoms in total. The van der Waals surface area contributed by atoms with Crippen molar-refractivity contribution >= 4 is 26.6 Å². The van der Waals surface area contributed by atoms with Crippen molar-refractivity contribution < 1.29 is 21.6 Å². The number of sulfonamides is 1. The summed E-state index contributed by atoms with van der Waals surface area (Å²) in [5, 5.41) is 0.300. The van der Waals surface area contributed by atoms with Crippen LogP contribution in [0.3, 0.4) is 0 Å². The van der Waals surface area contributed by atoms with Gasteiger partial charge >= 0.3 is 6.18 Å². The molecule has 1 N–H and O–H groups in total. The predicted octanol–water partition coefficient (Wildman–Crippen LogP) is 4.67. The summed E-state index contributed by atoms with van der Waals surface area (Å²) in [6.45, 7) is 3.56. The Morgan fingerprint density at radius 1 is 0.923 bits per heavy atom. The van der Waals surface area contributed by atoms with Gasteiger partial charge in [0.2, 0.25) is 0 Å². The van der Waals surface area contributed by atoms with Crippen LogP contribution in [0, 0.1) is 13.8 Å². The van der Waals surface area contributed by atoms with Gasteiger partial charge in [0.15, 0.2) is 0 Å². The average Bonchev–Trinajstić information content (AvgIpc) is 2.54. The number of halogens is 3. The molecular weight excluding hydrogens is 365 g/mol. The largest absolute Gasteiger partial charge is 0.433 e. The lowest BCUT2D eigenvalue weighted by Gasteiger charge is -2.14. The van der Waals surface area contributed by atoms with Gasteiger partial charge in [-0.15, -0.1) is 0 Å². The molecule has 0 fully saturated rings. The van der Waals surface area contributed by atoms with Gasteiger partial charge in [-0.1, -0.05) is 29.3 Å². The van der Waals surface area contributed by atoms with Gasteiger partial charge in [-0.3, -0.25) is 4.72 Å². The molecular formula is C18H15F3N2O2S. The molecule has 3 aromatic rings. The highest BCUT2D eigenvalue weighted by Gasteiger charge is 2.34. The topological polar surface area (TPSA) is 59.1 Å². The van der Waals surface area contributed by atoms with Crippen LogP contribution < -0.4 is 4.72 Å².